The van der Waals surface area contributed by atoms with E-state index in [0.29, 0.717) is 4.88 Å². The third kappa shape index (κ3) is 2.97. The van der Waals surface area contributed by atoms with Crippen LogP contribution in [0.3, 0.4) is 0 Å². The van der Waals surface area contributed by atoms with Crippen molar-refractivity contribution in [2.24, 2.45) is 0 Å². The molecule has 0 aliphatic carbocycles. The van der Waals surface area contributed by atoms with Gasteiger partial charge in [-0.15, -0.1) is 0 Å². The summed E-state index contributed by atoms with van der Waals surface area (Å²) in [6.07, 6.45) is -5.48. The zero-order valence-electron chi connectivity index (χ0n) is 10.5. The first-order valence-electron chi connectivity index (χ1n) is 5.88. The highest BCUT2D eigenvalue weighted by Crippen LogP contribution is 2.27. The fourth-order valence-electron chi connectivity index (χ4n) is 1.74. The summed E-state index contributed by atoms with van der Waals surface area (Å²) < 4.78 is 10.4. The number of aliphatic hydroxyl groups excluding tert-OH is 4. The molecule has 1 aromatic rings. The molecule has 4 N–H and O–H groups in total. The minimum absolute atomic E-state index is 0.0829. The van der Waals surface area contributed by atoms with E-state index in [1.54, 1.807) is 0 Å². The lowest BCUT2D eigenvalue weighted by molar-refractivity contribution is -0.277. The lowest BCUT2D eigenvalue weighted by Gasteiger charge is -2.39. The van der Waals surface area contributed by atoms with Gasteiger partial charge in [0.25, 0.3) is 5.19 Å². The summed E-state index contributed by atoms with van der Waals surface area (Å²) in [5, 5.41) is 38.1. The molecule has 1 aliphatic rings. The second-order valence-corrected chi connectivity index (χ2v) is 5.35. The van der Waals surface area contributed by atoms with Gasteiger partial charge >= 0.3 is 0 Å². The molecule has 2 rings (SSSR count). The summed E-state index contributed by atoms with van der Waals surface area (Å²) >= 11 is 0.967. The molecule has 0 amide bonds. The van der Waals surface area contributed by atoms with E-state index >= 15 is 0 Å². The maximum absolute atomic E-state index is 11.1. The van der Waals surface area contributed by atoms with Crippen LogP contribution in [0.4, 0.5) is 0 Å². The first-order chi connectivity index (χ1) is 9.43. The Morgan fingerprint density at radius 3 is 2.65 bits per heavy atom. The van der Waals surface area contributed by atoms with Gasteiger partial charge in [0.1, 0.15) is 24.4 Å². The molecular formula is C11H15NO7S. The highest BCUT2D eigenvalue weighted by atomic mass is 32.1. The van der Waals surface area contributed by atoms with Crippen molar-refractivity contribution in [3.8, 4) is 5.19 Å². The molecule has 5 unspecified atom stereocenters. The Morgan fingerprint density at radius 2 is 2.10 bits per heavy atom. The van der Waals surface area contributed by atoms with Gasteiger partial charge in [-0.25, -0.2) is 4.98 Å². The Labute approximate surface area is 118 Å². The van der Waals surface area contributed by atoms with E-state index < -0.39 is 37.3 Å². The van der Waals surface area contributed by atoms with Crippen LogP contribution >= 0.6 is 11.3 Å². The van der Waals surface area contributed by atoms with Crippen molar-refractivity contribution in [1.82, 2.24) is 4.98 Å². The number of thiazole rings is 1. The highest BCUT2D eigenvalue weighted by Gasteiger charge is 2.45. The van der Waals surface area contributed by atoms with Crippen LogP contribution in [-0.4, -0.2) is 68.5 Å². The average Bonchev–Trinajstić information content (AvgIpc) is 2.88. The van der Waals surface area contributed by atoms with Gasteiger partial charge in [0.05, 0.1) is 17.7 Å². The quantitative estimate of drug-likeness (QED) is 0.496. The number of carbonyl (C=O) groups is 1. The number of ketones is 1. The Hall–Kier alpha value is -1.10. The van der Waals surface area contributed by atoms with Gasteiger partial charge in [-0.05, 0) is 0 Å². The molecule has 0 spiro atoms. The van der Waals surface area contributed by atoms with Gasteiger partial charge < -0.3 is 29.9 Å². The summed E-state index contributed by atoms with van der Waals surface area (Å²) in [5.41, 5.74) is 0. The van der Waals surface area contributed by atoms with E-state index in [9.17, 15) is 20.1 Å². The van der Waals surface area contributed by atoms with Crippen LogP contribution < -0.4 is 4.74 Å². The molecule has 9 heteroatoms. The maximum Gasteiger partial charge on any atom is 0.276 e. The number of carbonyl (C=O) groups excluding carboxylic acids is 1. The summed E-state index contributed by atoms with van der Waals surface area (Å²) in [4.78, 5) is 15.4. The molecule has 8 nitrogen and oxygen atoms in total. The highest BCUT2D eigenvalue weighted by molar-refractivity contribution is 7.15. The lowest BCUT2D eigenvalue weighted by atomic mass is 9.99. The number of hydrogen-bond donors (Lipinski definition) is 4. The van der Waals surface area contributed by atoms with Crippen LogP contribution in [0.5, 0.6) is 5.19 Å². The molecule has 0 saturated carbocycles. The number of hydrogen-bond acceptors (Lipinski definition) is 9. The summed E-state index contributed by atoms with van der Waals surface area (Å²) in [6.45, 7) is 0.840. The van der Waals surface area contributed by atoms with Gasteiger partial charge in [-0.1, -0.05) is 11.3 Å². The Morgan fingerprint density at radius 1 is 1.40 bits per heavy atom. The fourth-order valence-corrected chi connectivity index (χ4v) is 2.43. The predicted molar refractivity (Wildman–Crippen MR) is 66.5 cm³/mol. The smallest absolute Gasteiger partial charge is 0.276 e. The van der Waals surface area contributed by atoms with E-state index in [1.807, 2.05) is 0 Å². The van der Waals surface area contributed by atoms with Crippen molar-refractivity contribution in [2.75, 3.05) is 6.61 Å². The molecule has 0 radical (unpaired) electrons. The molecule has 2 heterocycles. The molecule has 5 atom stereocenters. The van der Waals surface area contributed by atoms with Gasteiger partial charge in [0.15, 0.2) is 5.78 Å². The minimum Gasteiger partial charge on any atom is -0.437 e. The lowest BCUT2D eigenvalue weighted by Crippen LogP contribution is -2.60. The Balaban J connectivity index is 2.08. The first-order valence-corrected chi connectivity index (χ1v) is 6.69. The van der Waals surface area contributed by atoms with Crippen molar-refractivity contribution in [3.63, 3.8) is 0 Å². The molecule has 0 aromatic carbocycles. The van der Waals surface area contributed by atoms with Crippen LogP contribution in [0.15, 0.2) is 6.20 Å². The largest absolute Gasteiger partial charge is 0.437 e. The zero-order chi connectivity index (χ0) is 14.9. The van der Waals surface area contributed by atoms with Gasteiger partial charge in [-0.3, -0.25) is 4.79 Å². The Kier molecular flexibility index (Phi) is 4.68. The molecule has 1 fully saturated rings. The molecular weight excluding hydrogens is 290 g/mol. The van der Waals surface area contributed by atoms with E-state index in [1.165, 1.54) is 13.1 Å². The number of ether oxygens (including phenoxy) is 2. The van der Waals surface area contributed by atoms with Crippen LogP contribution in [0.2, 0.25) is 0 Å². The zero-order valence-corrected chi connectivity index (χ0v) is 11.4. The standard InChI is InChI=1S/C11H15NO7S/c1-4(14)6-2-12-11(20-6)19-10-9(17)8(16)7(15)5(3-13)18-10/h2,5,7-10,13,15-17H,3H2,1H3. The van der Waals surface area contributed by atoms with Crippen molar-refractivity contribution < 1.29 is 34.7 Å². The number of rotatable bonds is 4. The molecule has 0 bridgehead atoms. The van der Waals surface area contributed by atoms with Crippen molar-refractivity contribution in [3.05, 3.63) is 11.1 Å². The average molecular weight is 305 g/mol. The van der Waals surface area contributed by atoms with Crippen LogP contribution in [0.1, 0.15) is 16.6 Å². The van der Waals surface area contributed by atoms with E-state index in [0.717, 1.165) is 11.3 Å². The van der Waals surface area contributed by atoms with E-state index in [2.05, 4.69) is 4.98 Å². The van der Waals surface area contributed by atoms with Crippen LogP contribution in [0.25, 0.3) is 0 Å². The van der Waals surface area contributed by atoms with Crippen LogP contribution in [0, 0.1) is 0 Å². The van der Waals surface area contributed by atoms with E-state index in [-0.39, 0.29) is 11.0 Å². The second kappa shape index (κ2) is 6.12. The minimum atomic E-state index is -1.52. The van der Waals surface area contributed by atoms with Crippen LogP contribution in [-0.2, 0) is 4.74 Å². The summed E-state index contributed by atoms with van der Waals surface area (Å²) in [6, 6.07) is 0. The van der Waals surface area contributed by atoms with Crippen molar-refractivity contribution >= 4 is 17.1 Å². The number of aliphatic hydroxyl groups is 4. The monoisotopic (exact) mass is 305 g/mol. The van der Waals surface area contributed by atoms with Gasteiger partial charge in [0, 0.05) is 6.92 Å². The third-order valence-corrected chi connectivity index (χ3v) is 3.89. The molecule has 1 saturated heterocycles. The summed E-state index contributed by atoms with van der Waals surface area (Å²) in [7, 11) is 0. The van der Waals surface area contributed by atoms with Gasteiger partial charge in [0.2, 0.25) is 6.29 Å². The topological polar surface area (TPSA) is 129 Å². The number of nitrogens with zero attached hydrogens (tertiary/aromatic N) is 1. The number of Topliss-reactive ketones (excluding diaryl/α,β-unsaturated/α-hetero) is 1. The summed E-state index contributed by atoms with van der Waals surface area (Å²) in [5.74, 6) is -0.175. The third-order valence-electron chi connectivity index (χ3n) is 2.90. The first kappa shape index (κ1) is 15.3. The molecule has 20 heavy (non-hydrogen) atoms. The molecule has 112 valence electrons. The number of aromatic nitrogens is 1. The Bertz CT molecular complexity index is 477. The fraction of sp³-hybridized carbons (Fsp3) is 0.636. The normalized spacial score (nSPS) is 34.0. The second-order valence-electron chi connectivity index (χ2n) is 4.36. The van der Waals surface area contributed by atoms with Crippen molar-refractivity contribution in [1.29, 1.82) is 0 Å². The maximum atomic E-state index is 11.1. The van der Waals surface area contributed by atoms with E-state index in [4.69, 9.17) is 14.6 Å². The SMILES string of the molecule is CC(=O)c1cnc(OC2OC(CO)C(O)C(O)C2O)s1. The van der Waals surface area contributed by atoms with Gasteiger partial charge in [-0.2, -0.15) is 0 Å². The predicted octanol–water partition coefficient (Wildman–Crippen LogP) is -1.48. The van der Waals surface area contributed by atoms with Crippen molar-refractivity contribution in [2.45, 2.75) is 37.6 Å². The molecule has 1 aromatic heterocycles. The molecule has 1 aliphatic heterocycles.